The molecule has 0 heterocycles. The Kier molecular flexibility index (Phi) is 5.93. The Hall–Kier alpha value is 0. The average molecular weight is 361 g/mol. The van der Waals surface area contributed by atoms with E-state index in [0.717, 1.165) is 11.8 Å². The lowest BCUT2D eigenvalue weighted by atomic mass is 9.37. The van der Waals surface area contributed by atoms with Crippen molar-refractivity contribution in [2.24, 2.45) is 33.5 Å². The molecule has 0 bridgehead atoms. The molecule has 0 saturated heterocycles. The fourth-order valence-electron chi connectivity index (χ4n) is 9.71. The molecule has 6 unspecified atom stereocenters. The van der Waals surface area contributed by atoms with Crippen LogP contribution in [0.15, 0.2) is 0 Å². The van der Waals surface area contributed by atoms with Gasteiger partial charge in [0.05, 0.1) is 0 Å². The second-order valence-electron chi connectivity index (χ2n) is 11.6. The van der Waals surface area contributed by atoms with Crippen LogP contribution in [0.4, 0.5) is 0 Å². The summed E-state index contributed by atoms with van der Waals surface area (Å²) in [6.07, 6.45) is 20.7. The van der Waals surface area contributed by atoms with Gasteiger partial charge in [0.25, 0.3) is 0 Å². The SMILES string of the molecule is CCCCCCCC1(C)CCCCC2(C)CC(C)C3(C)CCCC(C)C123. The minimum Gasteiger partial charge on any atom is -0.0654 e. The van der Waals surface area contributed by atoms with Crippen molar-refractivity contribution in [3.63, 3.8) is 0 Å². The van der Waals surface area contributed by atoms with E-state index in [2.05, 4.69) is 41.5 Å². The standard InChI is InChI=1S/C26H48/c1-7-8-9-10-11-16-23(4)17-12-13-18-24(5)20-22(3)25(6)19-14-15-21(2)26(23,24)25/h21-22H,7-20H2,1-6H3. The van der Waals surface area contributed by atoms with Crippen molar-refractivity contribution in [3.8, 4) is 0 Å². The van der Waals surface area contributed by atoms with Gasteiger partial charge in [-0.3, -0.25) is 0 Å². The number of rotatable bonds is 6. The molecule has 3 aliphatic carbocycles. The molecule has 0 nitrogen and oxygen atoms in total. The zero-order valence-corrected chi connectivity index (χ0v) is 19.1. The highest BCUT2D eigenvalue weighted by atomic mass is 14.8. The molecule has 152 valence electrons. The molecule has 0 aromatic heterocycles. The molecular weight excluding hydrogens is 312 g/mol. The van der Waals surface area contributed by atoms with E-state index in [1.807, 2.05) is 0 Å². The van der Waals surface area contributed by atoms with Crippen LogP contribution in [0.1, 0.15) is 131 Å². The summed E-state index contributed by atoms with van der Waals surface area (Å²) in [5.74, 6) is 1.82. The topological polar surface area (TPSA) is 0 Å². The summed E-state index contributed by atoms with van der Waals surface area (Å²) in [5.41, 5.74) is 2.29. The highest BCUT2D eigenvalue weighted by Gasteiger charge is 2.74. The summed E-state index contributed by atoms with van der Waals surface area (Å²) in [5, 5.41) is 0. The van der Waals surface area contributed by atoms with Gasteiger partial charge in [-0.1, -0.05) is 99.3 Å². The molecule has 0 aromatic rings. The molecule has 6 atom stereocenters. The predicted octanol–water partition coefficient (Wildman–Crippen LogP) is 8.79. The Balaban J connectivity index is 1.99. The first kappa shape index (κ1) is 20.7. The van der Waals surface area contributed by atoms with E-state index in [-0.39, 0.29) is 0 Å². The second kappa shape index (κ2) is 7.44. The van der Waals surface area contributed by atoms with E-state index in [9.17, 15) is 0 Å². The molecule has 26 heavy (non-hydrogen) atoms. The second-order valence-corrected chi connectivity index (χ2v) is 11.6. The van der Waals surface area contributed by atoms with Crippen LogP contribution >= 0.6 is 0 Å². The van der Waals surface area contributed by atoms with Crippen LogP contribution in [0, 0.1) is 33.5 Å². The van der Waals surface area contributed by atoms with Crippen molar-refractivity contribution in [1.29, 1.82) is 0 Å². The van der Waals surface area contributed by atoms with Crippen molar-refractivity contribution in [1.82, 2.24) is 0 Å². The van der Waals surface area contributed by atoms with Gasteiger partial charge in [0.15, 0.2) is 0 Å². The summed E-state index contributed by atoms with van der Waals surface area (Å²) in [7, 11) is 0. The van der Waals surface area contributed by atoms with Crippen molar-refractivity contribution in [3.05, 3.63) is 0 Å². The molecule has 1 spiro atoms. The summed E-state index contributed by atoms with van der Waals surface area (Å²) < 4.78 is 0. The zero-order valence-electron chi connectivity index (χ0n) is 19.1. The lowest BCUT2D eigenvalue weighted by Gasteiger charge is -2.67. The highest BCUT2D eigenvalue weighted by molar-refractivity contribution is 5.22. The van der Waals surface area contributed by atoms with E-state index in [1.165, 1.54) is 89.9 Å². The molecule has 0 amide bonds. The Labute approximate surface area is 165 Å². The maximum absolute atomic E-state index is 2.77. The van der Waals surface area contributed by atoms with E-state index in [0.29, 0.717) is 21.7 Å². The van der Waals surface area contributed by atoms with Gasteiger partial charge in [-0.2, -0.15) is 0 Å². The van der Waals surface area contributed by atoms with E-state index in [4.69, 9.17) is 0 Å². The Morgan fingerprint density at radius 1 is 0.769 bits per heavy atom. The number of hydrogen-bond donors (Lipinski definition) is 0. The van der Waals surface area contributed by atoms with Crippen LogP contribution in [0.5, 0.6) is 0 Å². The molecule has 3 rings (SSSR count). The van der Waals surface area contributed by atoms with Crippen LogP contribution in [-0.4, -0.2) is 0 Å². The van der Waals surface area contributed by atoms with Crippen molar-refractivity contribution in [2.45, 2.75) is 131 Å². The quantitative estimate of drug-likeness (QED) is 0.415. The van der Waals surface area contributed by atoms with Gasteiger partial charge in [-0.05, 0) is 65.6 Å². The fraction of sp³-hybridized carbons (Fsp3) is 1.00. The zero-order chi connectivity index (χ0) is 19.1. The third kappa shape index (κ3) is 2.75. The summed E-state index contributed by atoms with van der Waals surface area (Å²) in [6.45, 7) is 15.9. The Morgan fingerprint density at radius 2 is 1.46 bits per heavy atom. The molecule has 3 saturated carbocycles. The molecule has 3 fully saturated rings. The van der Waals surface area contributed by atoms with Crippen LogP contribution in [-0.2, 0) is 0 Å². The molecule has 0 N–H and O–H groups in total. The van der Waals surface area contributed by atoms with Gasteiger partial charge in [-0.25, -0.2) is 0 Å². The summed E-state index contributed by atoms with van der Waals surface area (Å²) in [6, 6.07) is 0. The van der Waals surface area contributed by atoms with Gasteiger partial charge < -0.3 is 0 Å². The first-order valence-corrected chi connectivity index (χ1v) is 12.3. The van der Waals surface area contributed by atoms with Crippen LogP contribution in [0.3, 0.4) is 0 Å². The molecule has 0 heteroatoms. The molecular formula is C26H48. The maximum atomic E-state index is 2.77. The largest absolute Gasteiger partial charge is 0.0654 e. The Bertz CT molecular complexity index is 480. The highest BCUT2D eigenvalue weighted by Crippen LogP contribution is 2.81. The lowest BCUT2D eigenvalue weighted by Crippen LogP contribution is -2.61. The van der Waals surface area contributed by atoms with Crippen molar-refractivity contribution < 1.29 is 0 Å². The predicted molar refractivity (Wildman–Crippen MR) is 115 cm³/mol. The van der Waals surface area contributed by atoms with Crippen LogP contribution in [0.2, 0.25) is 0 Å². The average Bonchev–Trinajstić information content (AvgIpc) is 2.69. The molecule has 0 aliphatic heterocycles. The number of unbranched alkanes of at least 4 members (excludes halogenated alkanes) is 4. The van der Waals surface area contributed by atoms with Crippen LogP contribution in [0.25, 0.3) is 0 Å². The maximum Gasteiger partial charge on any atom is -0.0108 e. The fourth-order valence-corrected chi connectivity index (χ4v) is 9.71. The molecule has 3 aliphatic rings. The van der Waals surface area contributed by atoms with E-state index >= 15 is 0 Å². The van der Waals surface area contributed by atoms with Gasteiger partial charge in [0.2, 0.25) is 0 Å². The third-order valence-electron chi connectivity index (χ3n) is 10.3. The molecule has 0 aromatic carbocycles. The van der Waals surface area contributed by atoms with Crippen LogP contribution < -0.4 is 0 Å². The van der Waals surface area contributed by atoms with Gasteiger partial charge in [0.1, 0.15) is 0 Å². The smallest absolute Gasteiger partial charge is 0.0108 e. The monoisotopic (exact) mass is 360 g/mol. The number of hydrogen-bond acceptors (Lipinski definition) is 0. The lowest BCUT2D eigenvalue weighted by molar-refractivity contribution is -0.191. The van der Waals surface area contributed by atoms with E-state index < -0.39 is 0 Å². The normalized spacial score (nSPS) is 48.7. The Morgan fingerprint density at radius 3 is 2.19 bits per heavy atom. The van der Waals surface area contributed by atoms with Gasteiger partial charge >= 0.3 is 0 Å². The van der Waals surface area contributed by atoms with E-state index in [1.54, 1.807) is 0 Å². The summed E-state index contributed by atoms with van der Waals surface area (Å²) in [4.78, 5) is 0. The first-order chi connectivity index (χ1) is 12.3. The summed E-state index contributed by atoms with van der Waals surface area (Å²) >= 11 is 0. The first-order valence-electron chi connectivity index (χ1n) is 12.3. The van der Waals surface area contributed by atoms with Gasteiger partial charge in [0, 0.05) is 0 Å². The minimum atomic E-state index is 0.559. The third-order valence-corrected chi connectivity index (χ3v) is 10.3. The van der Waals surface area contributed by atoms with Gasteiger partial charge in [-0.15, -0.1) is 0 Å². The van der Waals surface area contributed by atoms with Crippen molar-refractivity contribution in [2.75, 3.05) is 0 Å². The molecule has 0 radical (unpaired) electrons. The minimum absolute atomic E-state index is 0.559. The van der Waals surface area contributed by atoms with Crippen molar-refractivity contribution >= 4 is 0 Å².